The van der Waals surface area contributed by atoms with Crippen molar-refractivity contribution in [2.75, 3.05) is 47.5 Å². The number of phosphoric acid groups is 1. The monoisotopic (exact) mass is 1030 g/mol. The fourth-order valence-corrected chi connectivity index (χ4v) is 8.64. The number of esters is 2. The number of ether oxygens (including phenoxy) is 2. The molecular formula is C62H110NO8P. The van der Waals surface area contributed by atoms with Crippen LogP contribution in [-0.2, 0) is 32.7 Å². The van der Waals surface area contributed by atoms with Gasteiger partial charge in [-0.1, -0.05) is 240 Å². The minimum atomic E-state index is -4.66. The minimum Gasteiger partial charge on any atom is -0.756 e. The summed E-state index contributed by atoms with van der Waals surface area (Å²) in [5, 5.41) is 0. The number of likely N-dealkylation sites (N-methyl/N-ethyl adjacent to an activating group) is 1. The molecule has 416 valence electrons. The average molecular weight is 1030 g/mol. The normalized spacial score (nSPS) is 13.9. The lowest BCUT2D eigenvalue weighted by molar-refractivity contribution is -0.870. The first-order valence-corrected chi connectivity index (χ1v) is 30.8. The van der Waals surface area contributed by atoms with Gasteiger partial charge in [-0.25, -0.2) is 0 Å². The van der Waals surface area contributed by atoms with Gasteiger partial charge < -0.3 is 27.9 Å². The molecular weight excluding hydrogens is 918 g/mol. The van der Waals surface area contributed by atoms with Crippen LogP contribution >= 0.6 is 7.82 Å². The van der Waals surface area contributed by atoms with Crippen molar-refractivity contribution in [1.29, 1.82) is 0 Å². The van der Waals surface area contributed by atoms with E-state index in [4.69, 9.17) is 18.5 Å². The molecule has 0 bridgehead atoms. The van der Waals surface area contributed by atoms with Gasteiger partial charge in [-0.3, -0.25) is 14.2 Å². The van der Waals surface area contributed by atoms with Crippen LogP contribution in [0.2, 0.25) is 0 Å². The first-order valence-electron chi connectivity index (χ1n) is 29.3. The third kappa shape index (κ3) is 56.5. The molecule has 0 aliphatic rings. The summed E-state index contributed by atoms with van der Waals surface area (Å²) in [5.74, 6) is -0.929. The van der Waals surface area contributed by atoms with Gasteiger partial charge in [-0.2, -0.15) is 0 Å². The standard InChI is InChI=1S/C62H110NO8P/c1-6-8-10-12-14-16-18-20-22-24-26-27-28-29-30-31-32-33-34-35-37-38-40-42-44-46-48-50-52-54-61(64)68-58-60(59-70-72(66,67)69-57-56-63(3,4)5)71-62(65)55-53-51-49-47-45-43-41-39-36-25-23-21-19-17-15-13-11-9-7-2/h9,11,15,17,21,23-24,26,36,39,43,45,49,51,60H,6-8,10,12-14,16,18-20,22,25,27-35,37-38,40-42,44,46-48,50,52-59H2,1-5H3/b11-9-,17-15-,23-21-,26-24-,39-36-,45-43-,51-49-. The van der Waals surface area contributed by atoms with Crippen LogP contribution < -0.4 is 4.89 Å². The van der Waals surface area contributed by atoms with E-state index in [1.54, 1.807) is 0 Å². The second kappa shape index (κ2) is 53.0. The van der Waals surface area contributed by atoms with Crippen molar-refractivity contribution in [2.45, 2.75) is 251 Å². The molecule has 0 aromatic rings. The summed E-state index contributed by atoms with van der Waals surface area (Å²) in [6.45, 7) is 4.05. The van der Waals surface area contributed by atoms with Gasteiger partial charge in [0, 0.05) is 12.8 Å². The molecule has 0 aromatic carbocycles. The second-order valence-electron chi connectivity index (χ2n) is 20.6. The zero-order valence-corrected chi connectivity index (χ0v) is 48.0. The number of quaternary nitrogens is 1. The molecule has 9 nitrogen and oxygen atoms in total. The predicted octanol–water partition coefficient (Wildman–Crippen LogP) is 17.6. The second-order valence-corrected chi connectivity index (χ2v) is 22.0. The van der Waals surface area contributed by atoms with E-state index < -0.39 is 32.5 Å². The molecule has 0 radical (unpaired) electrons. The molecule has 72 heavy (non-hydrogen) atoms. The van der Waals surface area contributed by atoms with Crippen LogP contribution in [0.3, 0.4) is 0 Å². The zero-order valence-electron chi connectivity index (χ0n) is 47.1. The van der Waals surface area contributed by atoms with Gasteiger partial charge in [0.15, 0.2) is 6.10 Å². The first kappa shape index (κ1) is 69.2. The third-order valence-corrected chi connectivity index (χ3v) is 13.4. The van der Waals surface area contributed by atoms with E-state index in [1.807, 2.05) is 33.3 Å². The fourth-order valence-electron chi connectivity index (χ4n) is 7.91. The van der Waals surface area contributed by atoms with Crippen LogP contribution in [0.5, 0.6) is 0 Å². The average Bonchev–Trinajstić information content (AvgIpc) is 3.34. The maximum Gasteiger partial charge on any atom is 0.306 e. The van der Waals surface area contributed by atoms with E-state index >= 15 is 0 Å². The van der Waals surface area contributed by atoms with E-state index in [2.05, 4.69) is 86.8 Å². The number of unbranched alkanes of at least 4 members (excludes halogenated alkanes) is 25. The van der Waals surface area contributed by atoms with Crippen molar-refractivity contribution >= 4 is 19.8 Å². The van der Waals surface area contributed by atoms with Crippen LogP contribution in [0, 0.1) is 0 Å². The Bertz CT molecular complexity index is 1490. The Labute approximate surface area is 443 Å². The number of hydrogen-bond donors (Lipinski definition) is 0. The van der Waals surface area contributed by atoms with Crippen molar-refractivity contribution in [3.63, 3.8) is 0 Å². The highest BCUT2D eigenvalue weighted by atomic mass is 31.2. The van der Waals surface area contributed by atoms with Crippen LogP contribution in [0.4, 0.5) is 0 Å². The van der Waals surface area contributed by atoms with E-state index in [0.717, 1.165) is 57.8 Å². The van der Waals surface area contributed by atoms with Crippen molar-refractivity contribution in [3.8, 4) is 0 Å². The molecule has 0 amide bonds. The number of rotatable bonds is 53. The zero-order chi connectivity index (χ0) is 52.7. The van der Waals surface area contributed by atoms with Crippen LogP contribution in [-0.4, -0.2) is 70.0 Å². The van der Waals surface area contributed by atoms with E-state index in [0.29, 0.717) is 17.4 Å². The van der Waals surface area contributed by atoms with Gasteiger partial charge in [0.2, 0.25) is 0 Å². The van der Waals surface area contributed by atoms with E-state index in [9.17, 15) is 19.0 Å². The Balaban J connectivity index is 4.17. The Kier molecular flexibility index (Phi) is 51.0. The molecule has 0 heterocycles. The fraction of sp³-hybridized carbons (Fsp3) is 0.742. The Morgan fingerprint density at radius 2 is 0.819 bits per heavy atom. The molecule has 2 atom stereocenters. The Morgan fingerprint density at radius 1 is 0.444 bits per heavy atom. The maximum absolute atomic E-state index is 12.7. The third-order valence-electron chi connectivity index (χ3n) is 12.4. The number of hydrogen-bond acceptors (Lipinski definition) is 8. The maximum atomic E-state index is 12.7. The SMILES string of the molecule is CC/C=C\C/C=C\C/C=C\C/C=C\C/C=C\C/C=C\CCC(=O)OC(COC(=O)CCCCCCCCCCCCCCCCCCC/C=C\CCCCCCCCCC)COP(=O)([O-])OCC[N+](C)(C)C. The van der Waals surface area contributed by atoms with Crippen molar-refractivity contribution in [3.05, 3.63) is 85.1 Å². The highest BCUT2D eigenvalue weighted by molar-refractivity contribution is 7.45. The van der Waals surface area contributed by atoms with Gasteiger partial charge in [0.05, 0.1) is 27.7 Å². The summed E-state index contributed by atoms with van der Waals surface area (Å²) in [5.41, 5.74) is 0. The summed E-state index contributed by atoms with van der Waals surface area (Å²) < 4.78 is 34.0. The molecule has 0 rings (SSSR count). The lowest BCUT2D eigenvalue weighted by atomic mass is 10.0. The molecule has 0 N–H and O–H groups in total. The van der Waals surface area contributed by atoms with Crippen molar-refractivity contribution in [2.24, 2.45) is 0 Å². The predicted molar refractivity (Wildman–Crippen MR) is 305 cm³/mol. The van der Waals surface area contributed by atoms with Crippen molar-refractivity contribution < 1.29 is 42.1 Å². The number of carbonyl (C=O) groups excluding carboxylic acids is 2. The molecule has 10 heteroatoms. The number of allylic oxidation sites excluding steroid dienone is 14. The van der Waals surface area contributed by atoms with Gasteiger partial charge in [0.1, 0.15) is 19.8 Å². The minimum absolute atomic E-state index is 0.0474. The Morgan fingerprint density at radius 3 is 1.24 bits per heavy atom. The van der Waals surface area contributed by atoms with E-state index in [-0.39, 0.29) is 26.1 Å². The van der Waals surface area contributed by atoms with Crippen molar-refractivity contribution in [1.82, 2.24) is 0 Å². The van der Waals surface area contributed by atoms with E-state index in [1.165, 1.54) is 154 Å². The van der Waals surface area contributed by atoms with Crippen LogP contribution in [0.15, 0.2) is 85.1 Å². The number of nitrogens with zero attached hydrogens (tertiary/aromatic N) is 1. The molecule has 0 saturated heterocycles. The molecule has 0 aromatic heterocycles. The molecule has 0 fully saturated rings. The van der Waals surface area contributed by atoms with Gasteiger partial charge in [-0.05, 0) is 77.0 Å². The molecule has 0 aliphatic heterocycles. The number of phosphoric ester groups is 1. The molecule has 0 spiro atoms. The Hall–Kier alpha value is -2.81. The molecule has 0 saturated carbocycles. The smallest absolute Gasteiger partial charge is 0.306 e. The lowest BCUT2D eigenvalue weighted by Gasteiger charge is -2.28. The summed E-state index contributed by atoms with van der Waals surface area (Å²) in [4.78, 5) is 37.8. The van der Waals surface area contributed by atoms with Gasteiger partial charge >= 0.3 is 11.9 Å². The van der Waals surface area contributed by atoms with Gasteiger partial charge in [-0.15, -0.1) is 0 Å². The van der Waals surface area contributed by atoms with Crippen LogP contribution in [0.1, 0.15) is 245 Å². The quantitative estimate of drug-likeness (QED) is 0.0195. The first-order chi connectivity index (χ1) is 35.0. The topological polar surface area (TPSA) is 111 Å². The summed E-state index contributed by atoms with van der Waals surface area (Å²) in [6.07, 6.45) is 70.9. The van der Waals surface area contributed by atoms with Crippen LogP contribution in [0.25, 0.3) is 0 Å². The summed E-state index contributed by atoms with van der Waals surface area (Å²) in [6, 6.07) is 0. The highest BCUT2D eigenvalue weighted by Gasteiger charge is 2.21. The summed E-state index contributed by atoms with van der Waals surface area (Å²) >= 11 is 0. The summed E-state index contributed by atoms with van der Waals surface area (Å²) in [7, 11) is 1.12. The highest BCUT2D eigenvalue weighted by Crippen LogP contribution is 2.38. The lowest BCUT2D eigenvalue weighted by Crippen LogP contribution is -2.37. The van der Waals surface area contributed by atoms with Gasteiger partial charge in [0.25, 0.3) is 7.82 Å². The molecule has 2 unspecified atom stereocenters. The molecule has 0 aliphatic carbocycles. The number of carbonyl (C=O) groups is 2. The largest absolute Gasteiger partial charge is 0.756 e.